The second-order valence-corrected chi connectivity index (χ2v) is 20.5. The third-order valence-corrected chi connectivity index (χ3v) is 14.2. The van der Waals surface area contributed by atoms with E-state index in [4.69, 9.17) is 44.0 Å². The highest BCUT2D eigenvalue weighted by Gasteiger charge is 2.65. The van der Waals surface area contributed by atoms with E-state index in [0.29, 0.717) is 37.5 Å². The van der Waals surface area contributed by atoms with Crippen LogP contribution in [0.2, 0.25) is 33.2 Å². The number of carbonyl (C=O) groups is 3. The smallest absolute Gasteiger partial charge is 0.421 e. The molecular formula is C35H39Cl3N2O5Si. The fraction of sp³-hybridized carbons (Fsp3) is 0.400. The molecule has 1 N–H and O–H groups in total. The van der Waals surface area contributed by atoms with Crippen LogP contribution in [0.1, 0.15) is 76.6 Å². The lowest BCUT2D eigenvalue weighted by Crippen LogP contribution is -2.59. The molecule has 0 bridgehead atoms. The highest BCUT2D eigenvalue weighted by atomic mass is 35.5. The second-order valence-electron chi connectivity index (χ2n) is 14.5. The molecule has 3 aromatic rings. The summed E-state index contributed by atoms with van der Waals surface area (Å²) in [6.45, 7) is 15.8. The number of amides is 3. The maximum Gasteiger partial charge on any atom is 0.421 e. The van der Waals surface area contributed by atoms with E-state index in [1.54, 1.807) is 75.4 Å². The molecule has 2 aliphatic heterocycles. The lowest BCUT2D eigenvalue weighted by Gasteiger charge is -2.47. The zero-order valence-corrected chi connectivity index (χ0v) is 30.5. The Kier molecular flexibility index (Phi) is 8.86. The molecule has 1 saturated heterocycles. The SMILES string of the molecule is CC(C)(C)OC(=O)N1C(=O)[C@]2(c3ccc(Cl)cc31)[C@@H](c1cc(Cl)ccc1O[Si](C)(C)C(C)(C)C)NC(=O)C[C@H]2c1cccc(Cl)c1. The molecule has 3 atom stereocenters. The molecule has 244 valence electrons. The van der Waals surface area contributed by atoms with Crippen LogP contribution >= 0.6 is 34.8 Å². The fourth-order valence-electron chi connectivity index (χ4n) is 6.13. The van der Waals surface area contributed by atoms with Crippen molar-refractivity contribution in [3.05, 3.63) is 92.4 Å². The lowest BCUT2D eigenvalue weighted by atomic mass is 9.59. The van der Waals surface area contributed by atoms with E-state index < -0.39 is 43.3 Å². The summed E-state index contributed by atoms with van der Waals surface area (Å²) >= 11 is 19.7. The van der Waals surface area contributed by atoms with Crippen LogP contribution in [0.3, 0.4) is 0 Å². The monoisotopic (exact) mass is 700 g/mol. The van der Waals surface area contributed by atoms with Gasteiger partial charge in [-0.3, -0.25) is 9.59 Å². The van der Waals surface area contributed by atoms with E-state index in [2.05, 4.69) is 39.2 Å². The molecule has 11 heteroatoms. The van der Waals surface area contributed by atoms with Gasteiger partial charge in [-0.25, -0.2) is 9.69 Å². The van der Waals surface area contributed by atoms with E-state index in [9.17, 15) is 9.59 Å². The number of nitrogens with zero attached hydrogens (tertiary/aromatic N) is 1. The number of nitrogens with one attached hydrogen (secondary N) is 1. The van der Waals surface area contributed by atoms with Crippen molar-refractivity contribution in [1.82, 2.24) is 5.32 Å². The minimum atomic E-state index is -2.43. The molecule has 7 nitrogen and oxygen atoms in total. The number of piperidine rings is 1. The molecule has 1 fully saturated rings. The third-order valence-electron chi connectivity index (χ3n) is 9.18. The Balaban J connectivity index is 1.85. The van der Waals surface area contributed by atoms with E-state index in [0.717, 1.165) is 4.90 Å². The molecule has 0 saturated carbocycles. The topological polar surface area (TPSA) is 84.9 Å². The first-order valence-corrected chi connectivity index (χ1v) is 19.2. The quantitative estimate of drug-likeness (QED) is 0.274. The van der Waals surface area contributed by atoms with Crippen LogP contribution in [-0.4, -0.2) is 31.8 Å². The van der Waals surface area contributed by atoms with E-state index in [1.165, 1.54) is 0 Å². The Labute approximate surface area is 286 Å². The molecular weight excluding hydrogens is 663 g/mol. The molecule has 46 heavy (non-hydrogen) atoms. The van der Waals surface area contributed by atoms with Gasteiger partial charge < -0.3 is 14.5 Å². The van der Waals surface area contributed by atoms with Gasteiger partial charge in [0.05, 0.1) is 11.7 Å². The normalized spacial score (nSPS) is 21.7. The van der Waals surface area contributed by atoms with Gasteiger partial charge in [0.2, 0.25) is 20.1 Å². The van der Waals surface area contributed by atoms with Gasteiger partial charge >= 0.3 is 6.09 Å². The number of ether oxygens (including phenoxy) is 1. The summed E-state index contributed by atoms with van der Waals surface area (Å²) in [5.74, 6) is -1.08. The summed E-state index contributed by atoms with van der Waals surface area (Å²) < 4.78 is 12.6. The first-order chi connectivity index (χ1) is 21.3. The number of anilines is 1. The first kappa shape index (κ1) is 34.3. The van der Waals surface area contributed by atoms with Crippen molar-refractivity contribution >= 4 is 66.7 Å². The van der Waals surface area contributed by atoms with Crippen LogP contribution in [0.5, 0.6) is 5.75 Å². The maximum absolute atomic E-state index is 15.3. The largest absolute Gasteiger partial charge is 0.543 e. The van der Waals surface area contributed by atoms with Crippen LogP contribution in [0.25, 0.3) is 0 Å². The number of halogens is 3. The first-order valence-electron chi connectivity index (χ1n) is 15.2. The Morgan fingerprint density at radius 3 is 2.17 bits per heavy atom. The number of hydrogen-bond acceptors (Lipinski definition) is 5. The number of rotatable bonds is 4. The average Bonchev–Trinajstić information content (AvgIpc) is 3.16. The van der Waals surface area contributed by atoms with Gasteiger partial charge in [-0.2, -0.15) is 0 Å². The number of benzene rings is 3. The zero-order valence-electron chi connectivity index (χ0n) is 27.3. The fourth-order valence-corrected chi connectivity index (χ4v) is 7.72. The van der Waals surface area contributed by atoms with Gasteiger partial charge in [0.15, 0.2) is 0 Å². The summed E-state index contributed by atoms with van der Waals surface area (Å²) in [5.41, 5.74) is -0.449. The van der Waals surface area contributed by atoms with Gasteiger partial charge in [-0.15, -0.1) is 0 Å². The van der Waals surface area contributed by atoms with Crippen LogP contribution in [0, 0.1) is 0 Å². The highest BCUT2D eigenvalue weighted by molar-refractivity contribution is 6.74. The van der Waals surface area contributed by atoms with Crippen molar-refractivity contribution < 1.29 is 23.5 Å². The van der Waals surface area contributed by atoms with Gasteiger partial charge in [-0.1, -0.05) is 73.8 Å². The lowest BCUT2D eigenvalue weighted by molar-refractivity contribution is -0.132. The van der Waals surface area contributed by atoms with Crippen molar-refractivity contribution in [3.63, 3.8) is 0 Å². The molecule has 0 unspecified atom stereocenters. The molecule has 5 rings (SSSR count). The summed E-state index contributed by atoms with van der Waals surface area (Å²) in [6.07, 6.45) is -0.895. The molecule has 1 spiro atoms. The van der Waals surface area contributed by atoms with E-state index in [1.807, 2.05) is 6.07 Å². The summed E-state index contributed by atoms with van der Waals surface area (Å²) in [4.78, 5) is 44.0. The molecule has 3 aromatic carbocycles. The summed E-state index contributed by atoms with van der Waals surface area (Å²) in [5, 5.41) is 4.17. The van der Waals surface area contributed by atoms with Crippen molar-refractivity contribution in [3.8, 4) is 5.75 Å². The standard InChI is InChI=1S/C35H39Cl3N2O5Si/c1-33(2,3)44-32(43)40-27-18-23(38)12-14-25(27)35(31(40)42)26(20-10-9-11-21(36)16-20)19-29(41)39-30(35)24-17-22(37)13-15-28(24)45-46(7,8)34(4,5)6/h9-18,26,30H,19H2,1-8H3,(H,39,41)/t26-,30+,35-/m0/s1. The molecule has 2 heterocycles. The number of carbonyl (C=O) groups excluding carboxylic acids is 3. The van der Waals surface area contributed by atoms with Gasteiger partial charge in [0.1, 0.15) is 16.8 Å². The van der Waals surface area contributed by atoms with Crippen molar-refractivity contribution in [2.75, 3.05) is 4.90 Å². The van der Waals surface area contributed by atoms with Crippen LogP contribution < -0.4 is 14.6 Å². The molecule has 0 aliphatic carbocycles. The van der Waals surface area contributed by atoms with Crippen LogP contribution in [-0.2, 0) is 19.7 Å². The van der Waals surface area contributed by atoms with Crippen molar-refractivity contribution in [1.29, 1.82) is 0 Å². The molecule has 0 aromatic heterocycles. The maximum atomic E-state index is 15.3. The number of fused-ring (bicyclic) bond motifs is 2. The number of imide groups is 1. The van der Waals surface area contributed by atoms with E-state index >= 15 is 4.79 Å². The summed E-state index contributed by atoms with van der Waals surface area (Å²) in [7, 11) is -2.43. The minimum Gasteiger partial charge on any atom is -0.543 e. The van der Waals surface area contributed by atoms with Crippen LogP contribution in [0.15, 0.2) is 60.7 Å². The average molecular weight is 702 g/mol. The second kappa shape index (κ2) is 11.9. The predicted octanol–water partition coefficient (Wildman–Crippen LogP) is 9.60. The Hall–Kier alpha value is -3.04. The van der Waals surface area contributed by atoms with Crippen molar-refractivity contribution in [2.45, 2.75) is 89.1 Å². The predicted molar refractivity (Wildman–Crippen MR) is 186 cm³/mol. The van der Waals surface area contributed by atoms with E-state index in [-0.39, 0.29) is 23.1 Å². The minimum absolute atomic E-state index is 0.0498. The zero-order chi connectivity index (χ0) is 34.0. The molecule has 2 aliphatic rings. The Morgan fingerprint density at radius 1 is 0.913 bits per heavy atom. The van der Waals surface area contributed by atoms with Gasteiger partial charge in [0, 0.05) is 33.0 Å². The molecule has 3 amide bonds. The summed E-state index contributed by atoms with van der Waals surface area (Å²) in [6, 6.07) is 16.4. The number of hydrogen-bond donors (Lipinski definition) is 1. The van der Waals surface area contributed by atoms with Crippen molar-refractivity contribution in [2.24, 2.45) is 0 Å². The molecule has 0 radical (unpaired) electrons. The van der Waals surface area contributed by atoms with Crippen LogP contribution in [0.4, 0.5) is 10.5 Å². The van der Waals surface area contributed by atoms with Gasteiger partial charge in [-0.05, 0) is 92.5 Å². The Bertz CT molecular complexity index is 1730. The van der Waals surface area contributed by atoms with Gasteiger partial charge in [0.25, 0.3) is 0 Å². The Morgan fingerprint density at radius 2 is 1.54 bits per heavy atom. The third kappa shape index (κ3) is 6.05. The highest BCUT2D eigenvalue weighted by Crippen LogP contribution is 2.60.